The Kier molecular flexibility index (Phi) is 8.12. The lowest BCUT2D eigenvalue weighted by atomic mass is 10.2. The molecule has 8 heteroatoms. The Hall–Kier alpha value is -2.75. The lowest BCUT2D eigenvalue weighted by Gasteiger charge is -2.22. The molecule has 28 heavy (non-hydrogen) atoms. The van der Waals surface area contributed by atoms with Crippen molar-refractivity contribution in [2.24, 2.45) is 0 Å². The molecule has 0 heterocycles. The Labute approximate surface area is 173 Å². The summed E-state index contributed by atoms with van der Waals surface area (Å²) in [5, 5.41) is 12.5. The molecular weight excluding hydrogens is 401 g/mol. The molecule has 0 aliphatic heterocycles. The standard InChI is InChI=1S/C20H19Cl2N3O3/c1-2-9-25(12-19(26)24-17-8-7-15(21)10-16(17)22)20(27)13-28-18-6-4-3-5-14(18)11-23/h3-8,10H,2,9,12-13H2,1H3,(H,24,26). The average molecular weight is 420 g/mol. The zero-order chi connectivity index (χ0) is 20.5. The van der Waals surface area contributed by atoms with Crippen molar-refractivity contribution >= 4 is 40.7 Å². The van der Waals surface area contributed by atoms with Crippen molar-refractivity contribution in [1.82, 2.24) is 4.90 Å². The summed E-state index contributed by atoms with van der Waals surface area (Å²) in [6.07, 6.45) is 0.676. The number of para-hydroxylation sites is 1. The van der Waals surface area contributed by atoms with Crippen LogP contribution in [0.1, 0.15) is 18.9 Å². The van der Waals surface area contributed by atoms with E-state index in [0.29, 0.717) is 40.0 Å². The van der Waals surface area contributed by atoms with Gasteiger partial charge in [-0.3, -0.25) is 9.59 Å². The topological polar surface area (TPSA) is 82.4 Å². The van der Waals surface area contributed by atoms with Crippen molar-refractivity contribution in [3.63, 3.8) is 0 Å². The van der Waals surface area contributed by atoms with Gasteiger partial charge in [-0.2, -0.15) is 5.26 Å². The number of carbonyl (C=O) groups is 2. The number of ether oxygens (including phenoxy) is 1. The van der Waals surface area contributed by atoms with Crippen LogP contribution in [0.15, 0.2) is 42.5 Å². The Morgan fingerprint density at radius 1 is 1.21 bits per heavy atom. The molecule has 0 unspecified atom stereocenters. The first-order valence-electron chi connectivity index (χ1n) is 8.59. The Bertz CT molecular complexity index is 897. The first-order chi connectivity index (χ1) is 13.4. The SMILES string of the molecule is CCCN(CC(=O)Nc1ccc(Cl)cc1Cl)C(=O)COc1ccccc1C#N. The summed E-state index contributed by atoms with van der Waals surface area (Å²) in [4.78, 5) is 26.2. The molecule has 0 atom stereocenters. The zero-order valence-electron chi connectivity index (χ0n) is 15.2. The molecule has 0 aliphatic rings. The van der Waals surface area contributed by atoms with E-state index in [1.165, 1.54) is 11.0 Å². The van der Waals surface area contributed by atoms with Crippen LogP contribution in [-0.4, -0.2) is 36.4 Å². The van der Waals surface area contributed by atoms with E-state index >= 15 is 0 Å². The van der Waals surface area contributed by atoms with Crippen molar-refractivity contribution in [3.8, 4) is 11.8 Å². The van der Waals surface area contributed by atoms with Crippen molar-refractivity contribution in [2.45, 2.75) is 13.3 Å². The minimum absolute atomic E-state index is 0.144. The summed E-state index contributed by atoms with van der Waals surface area (Å²) < 4.78 is 5.47. The predicted molar refractivity (Wildman–Crippen MR) is 109 cm³/mol. The molecule has 2 aromatic carbocycles. The number of benzene rings is 2. The summed E-state index contributed by atoms with van der Waals surface area (Å²) in [7, 11) is 0. The fourth-order valence-corrected chi connectivity index (χ4v) is 2.89. The van der Waals surface area contributed by atoms with Gasteiger partial charge in [0, 0.05) is 11.6 Å². The minimum Gasteiger partial charge on any atom is -0.482 e. The molecular formula is C20H19Cl2N3O3. The quantitative estimate of drug-likeness (QED) is 0.697. The number of nitrogens with zero attached hydrogens (tertiary/aromatic N) is 2. The number of nitriles is 1. The normalized spacial score (nSPS) is 10.1. The third-order valence-electron chi connectivity index (χ3n) is 3.74. The summed E-state index contributed by atoms with van der Waals surface area (Å²) in [6.45, 7) is 1.88. The molecule has 2 aromatic rings. The molecule has 0 saturated heterocycles. The highest BCUT2D eigenvalue weighted by Gasteiger charge is 2.18. The number of halogens is 2. The van der Waals surface area contributed by atoms with Crippen molar-refractivity contribution in [3.05, 3.63) is 58.1 Å². The van der Waals surface area contributed by atoms with Crippen molar-refractivity contribution in [2.75, 3.05) is 25.0 Å². The van der Waals surface area contributed by atoms with Gasteiger partial charge in [0.15, 0.2) is 6.61 Å². The molecule has 0 fully saturated rings. The number of carbonyl (C=O) groups excluding carboxylic acids is 2. The van der Waals surface area contributed by atoms with Crippen LogP contribution < -0.4 is 10.1 Å². The van der Waals surface area contributed by atoms with Crippen LogP contribution in [0.2, 0.25) is 10.0 Å². The highest BCUT2D eigenvalue weighted by molar-refractivity contribution is 6.36. The molecule has 2 rings (SSSR count). The lowest BCUT2D eigenvalue weighted by molar-refractivity contribution is -0.136. The van der Waals surface area contributed by atoms with Gasteiger partial charge in [-0.25, -0.2) is 0 Å². The van der Waals surface area contributed by atoms with Gasteiger partial charge < -0.3 is 15.0 Å². The second kappa shape index (κ2) is 10.5. The fourth-order valence-electron chi connectivity index (χ4n) is 2.43. The van der Waals surface area contributed by atoms with Gasteiger partial charge in [-0.15, -0.1) is 0 Å². The van der Waals surface area contributed by atoms with E-state index in [-0.39, 0.29) is 25.0 Å². The van der Waals surface area contributed by atoms with Gasteiger partial charge >= 0.3 is 0 Å². The summed E-state index contributed by atoms with van der Waals surface area (Å²) in [5.41, 5.74) is 0.756. The second-order valence-corrected chi connectivity index (χ2v) is 6.73. The fraction of sp³-hybridized carbons (Fsp3) is 0.250. The first kappa shape index (κ1) is 21.5. The van der Waals surface area contributed by atoms with Crippen molar-refractivity contribution < 1.29 is 14.3 Å². The summed E-state index contributed by atoms with van der Waals surface area (Å²) in [6, 6.07) is 13.4. The molecule has 6 nitrogen and oxygen atoms in total. The van der Waals surface area contributed by atoms with Crippen molar-refractivity contribution in [1.29, 1.82) is 5.26 Å². The highest BCUT2D eigenvalue weighted by atomic mass is 35.5. The van der Waals surface area contributed by atoms with Crippen LogP contribution in [0.5, 0.6) is 5.75 Å². The van der Waals surface area contributed by atoms with E-state index in [4.69, 9.17) is 33.2 Å². The van der Waals surface area contributed by atoms with Crippen LogP contribution in [0.25, 0.3) is 0 Å². The largest absolute Gasteiger partial charge is 0.482 e. The number of nitrogens with one attached hydrogen (secondary N) is 1. The Morgan fingerprint density at radius 3 is 2.64 bits per heavy atom. The highest BCUT2D eigenvalue weighted by Crippen LogP contribution is 2.25. The van der Waals surface area contributed by atoms with Crippen LogP contribution in [0.3, 0.4) is 0 Å². The van der Waals surface area contributed by atoms with Crippen LogP contribution in [0, 0.1) is 11.3 Å². The minimum atomic E-state index is -0.386. The molecule has 0 bridgehead atoms. The van der Waals surface area contributed by atoms with E-state index in [1.54, 1.807) is 36.4 Å². The van der Waals surface area contributed by atoms with Crippen LogP contribution in [0.4, 0.5) is 5.69 Å². The zero-order valence-corrected chi connectivity index (χ0v) is 16.8. The Morgan fingerprint density at radius 2 is 1.96 bits per heavy atom. The van der Waals surface area contributed by atoms with E-state index < -0.39 is 0 Å². The number of hydrogen-bond donors (Lipinski definition) is 1. The molecule has 0 aliphatic carbocycles. The maximum absolute atomic E-state index is 12.5. The second-order valence-electron chi connectivity index (χ2n) is 5.88. The van der Waals surface area contributed by atoms with Gasteiger partial charge in [-0.05, 0) is 36.8 Å². The number of anilines is 1. The third-order valence-corrected chi connectivity index (χ3v) is 4.29. The smallest absolute Gasteiger partial charge is 0.260 e. The maximum Gasteiger partial charge on any atom is 0.260 e. The van der Waals surface area contributed by atoms with E-state index in [2.05, 4.69) is 5.32 Å². The van der Waals surface area contributed by atoms with E-state index in [1.807, 2.05) is 13.0 Å². The van der Waals surface area contributed by atoms with Gasteiger partial charge in [0.05, 0.1) is 22.8 Å². The maximum atomic E-state index is 12.5. The average Bonchev–Trinajstić information content (AvgIpc) is 2.68. The number of hydrogen-bond acceptors (Lipinski definition) is 4. The van der Waals surface area contributed by atoms with E-state index in [9.17, 15) is 9.59 Å². The van der Waals surface area contributed by atoms with Gasteiger partial charge in [0.1, 0.15) is 11.8 Å². The van der Waals surface area contributed by atoms with Crippen LogP contribution in [-0.2, 0) is 9.59 Å². The van der Waals surface area contributed by atoms with E-state index in [0.717, 1.165) is 0 Å². The van der Waals surface area contributed by atoms with Crippen LogP contribution >= 0.6 is 23.2 Å². The molecule has 0 aromatic heterocycles. The molecule has 2 amide bonds. The van der Waals surface area contributed by atoms with Gasteiger partial charge in [0.25, 0.3) is 5.91 Å². The molecule has 0 saturated carbocycles. The van der Waals surface area contributed by atoms with Gasteiger partial charge in [-0.1, -0.05) is 42.3 Å². The number of rotatable bonds is 8. The molecule has 146 valence electrons. The van der Waals surface area contributed by atoms with Gasteiger partial charge in [0.2, 0.25) is 5.91 Å². The summed E-state index contributed by atoms with van der Waals surface area (Å²) in [5.74, 6) is -0.414. The molecule has 0 spiro atoms. The molecule has 1 N–H and O–H groups in total. The summed E-state index contributed by atoms with van der Waals surface area (Å²) >= 11 is 11.9. The number of amides is 2. The lowest BCUT2D eigenvalue weighted by Crippen LogP contribution is -2.41. The predicted octanol–water partition coefficient (Wildman–Crippen LogP) is 4.12. The first-order valence-corrected chi connectivity index (χ1v) is 9.34. The third kappa shape index (κ3) is 6.15. The monoisotopic (exact) mass is 419 g/mol. The molecule has 0 radical (unpaired) electrons. The Balaban J connectivity index is 1.98.